The summed E-state index contributed by atoms with van der Waals surface area (Å²) >= 11 is 0. The molecule has 2 unspecified atom stereocenters. The van der Waals surface area contributed by atoms with Crippen LogP contribution in [0.15, 0.2) is 60.9 Å². The van der Waals surface area contributed by atoms with Gasteiger partial charge in [0.15, 0.2) is 5.69 Å². The zero-order valence-electron chi connectivity index (χ0n) is 24.1. The first-order chi connectivity index (χ1) is 20.8. The van der Waals surface area contributed by atoms with Crippen LogP contribution in [0, 0.1) is 18.6 Å². The summed E-state index contributed by atoms with van der Waals surface area (Å²) in [6, 6.07) is 9.68. The molecule has 0 radical (unpaired) electrons. The second-order valence-electron chi connectivity index (χ2n) is 11.4. The number of alkyl halides is 3. The second-order valence-corrected chi connectivity index (χ2v) is 11.4. The maximum Gasteiger partial charge on any atom is 0.419 e. The Hall–Kier alpha value is -4.61. The number of amides is 2. The van der Waals surface area contributed by atoms with Crippen LogP contribution in [0.2, 0.25) is 0 Å². The van der Waals surface area contributed by atoms with Gasteiger partial charge >= 0.3 is 6.18 Å². The molecule has 6 rings (SSSR count). The lowest BCUT2D eigenvalue weighted by molar-refractivity contribution is -0.140. The predicted molar refractivity (Wildman–Crippen MR) is 152 cm³/mol. The van der Waals surface area contributed by atoms with Crippen molar-refractivity contribution in [3.63, 3.8) is 0 Å². The van der Waals surface area contributed by atoms with Crippen molar-refractivity contribution in [3.05, 3.63) is 94.9 Å². The van der Waals surface area contributed by atoms with Gasteiger partial charge in [0.25, 0.3) is 5.91 Å². The van der Waals surface area contributed by atoms with Gasteiger partial charge in [-0.2, -0.15) is 18.3 Å². The number of fused-ring (bicyclic) bond motifs is 1. The van der Waals surface area contributed by atoms with Crippen LogP contribution in [0.25, 0.3) is 16.9 Å². The van der Waals surface area contributed by atoms with Crippen molar-refractivity contribution in [2.75, 3.05) is 4.90 Å². The van der Waals surface area contributed by atoms with Crippen LogP contribution >= 0.6 is 0 Å². The summed E-state index contributed by atoms with van der Waals surface area (Å²) in [6.45, 7) is 5.35. The number of halogens is 5. The van der Waals surface area contributed by atoms with Gasteiger partial charge in [0.2, 0.25) is 5.91 Å². The summed E-state index contributed by atoms with van der Waals surface area (Å²) in [7, 11) is 0. The minimum atomic E-state index is -4.87. The molecule has 2 aromatic carbocycles. The van der Waals surface area contributed by atoms with Gasteiger partial charge in [-0.25, -0.2) is 13.5 Å². The van der Waals surface area contributed by atoms with Crippen LogP contribution < -0.4 is 4.90 Å². The largest absolute Gasteiger partial charge is 0.419 e. The molecule has 0 N–H and O–H groups in total. The number of rotatable bonds is 4. The average molecular weight is 610 g/mol. The molecule has 2 aliphatic rings. The summed E-state index contributed by atoms with van der Waals surface area (Å²) < 4.78 is 70.6. The number of hydrogen-bond acceptors (Lipinski definition) is 4. The third kappa shape index (κ3) is 5.01. The van der Waals surface area contributed by atoms with Gasteiger partial charge < -0.3 is 9.80 Å². The first-order valence-electron chi connectivity index (χ1n) is 14.2. The monoisotopic (exact) mass is 609 g/mol. The molecule has 0 aliphatic carbocycles. The minimum Gasteiger partial charge on any atom is -0.332 e. The summed E-state index contributed by atoms with van der Waals surface area (Å²) in [5.74, 6) is -2.50. The molecule has 7 nitrogen and oxygen atoms in total. The van der Waals surface area contributed by atoms with Gasteiger partial charge in [-0.3, -0.25) is 14.6 Å². The fourth-order valence-corrected chi connectivity index (χ4v) is 6.42. The van der Waals surface area contributed by atoms with E-state index in [1.165, 1.54) is 23.1 Å². The van der Waals surface area contributed by atoms with Gasteiger partial charge in [0.1, 0.15) is 11.6 Å². The summed E-state index contributed by atoms with van der Waals surface area (Å²) in [5.41, 5.74) is 0.844. The maximum absolute atomic E-state index is 15.2. The molecule has 1 fully saturated rings. The van der Waals surface area contributed by atoms with E-state index in [-0.39, 0.29) is 41.8 Å². The van der Waals surface area contributed by atoms with Crippen molar-refractivity contribution < 1.29 is 31.5 Å². The Balaban J connectivity index is 1.32. The lowest BCUT2D eigenvalue weighted by atomic mass is 9.91. The van der Waals surface area contributed by atoms with Crippen LogP contribution in [0.3, 0.4) is 0 Å². The third-order valence-electron chi connectivity index (χ3n) is 8.41. The number of piperidine rings is 1. The molecule has 0 saturated carbocycles. The molecule has 1 saturated heterocycles. The predicted octanol–water partition coefficient (Wildman–Crippen LogP) is 6.51. The highest BCUT2D eigenvalue weighted by molar-refractivity contribution is 6.02. The van der Waals surface area contributed by atoms with Crippen LogP contribution in [-0.2, 0) is 17.4 Å². The summed E-state index contributed by atoms with van der Waals surface area (Å²) in [6.07, 6.45) is -0.912. The van der Waals surface area contributed by atoms with Gasteiger partial charge in [0, 0.05) is 42.1 Å². The molecule has 2 aliphatic heterocycles. The van der Waals surface area contributed by atoms with Gasteiger partial charge in [0.05, 0.1) is 29.1 Å². The molecule has 4 aromatic rings. The Morgan fingerprint density at radius 3 is 2.36 bits per heavy atom. The molecule has 2 atom stereocenters. The number of likely N-dealkylation sites (tertiary alicyclic amines) is 1. The number of carbonyl (C=O) groups is 2. The summed E-state index contributed by atoms with van der Waals surface area (Å²) in [4.78, 5) is 34.3. The molecule has 2 amide bonds. The highest BCUT2D eigenvalue weighted by atomic mass is 19.4. The topological polar surface area (TPSA) is 71.3 Å². The number of carbonyl (C=O) groups excluding carboxylic acids is 2. The van der Waals surface area contributed by atoms with Crippen molar-refractivity contribution in [3.8, 4) is 16.9 Å². The van der Waals surface area contributed by atoms with E-state index in [1.54, 1.807) is 41.0 Å². The Kier molecular flexibility index (Phi) is 7.25. The standard InChI is InChI=1S/C32H28F5N5O2/c1-17-6-7-20-13-28(43)41(30(20)29(17)34)23-11-18(2)40(19(3)12-23)31(44)26-15-27(21-5-4-10-38-16-21)42(39-26)22-8-9-24(25(33)14-22)32(35,36)37/h4-10,14-16,18-19,23H,11-13H2,1-3H3. The molecule has 4 heterocycles. The number of anilines is 1. The van der Waals surface area contributed by atoms with Gasteiger partial charge in [-0.15, -0.1) is 0 Å². The Morgan fingerprint density at radius 2 is 1.73 bits per heavy atom. The fraction of sp³-hybridized carbons (Fsp3) is 0.312. The molecule has 0 spiro atoms. The lowest BCUT2D eigenvalue weighted by Crippen LogP contribution is -2.56. The van der Waals surface area contributed by atoms with E-state index in [2.05, 4.69) is 10.1 Å². The number of aromatic nitrogens is 3. The van der Waals surface area contributed by atoms with E-state index < -0.39 is 29.3 Å². The van der Waals surface area contributed by atoms with Crippen molar-refractivity contribution in [1.29, 1.82) is 0 Å². The second kappa shape index (κ2) is 10.8. The highest BCUT2D eigenvalue weighted by Crippen LogP contribution is 2.39. The van der Waals surface area contributed by atoms with Crippen LogP contribution in [0.4, 0.5) is 27.6 Å². The van der Waals surface area contributed by atoms with E-state index in [1.807, 2.05) is 13.8 Å². The van der Waals surface area contributed by atoms with Gasteiger partial charge in [-0.05, 0) is 75.1 Å². The maximum atomic E-state index is 15.2. The normalized spacial score (nSPS) is 20.3. The first kappa shape index (κ1) is 29.5. The smallest absolute Gasteiger partial charge is 0.332 e. The quantitative estimate of drug-likeness (QED) is 0.248. The van der Waals surface area contributed by atoms with Crippen molar-refractivity contribution in [2.45, 2.75) is 64.3 Å². The van der Waals surface area contributed by atoms with Crippen LogP contribution in [0.5, 0.6) is 0 Å². The zero-order chi connectivity index (χ0) is 31.5. The van der Waals surface area contributed by atoms with Crippen molar-refractivity contribution in [2.24, 2.45) is 0 Å². The van der Waals surface area contributed by atoms with E-state index in [0.717, 1.165) is 12.1 Å². The van der Waals surface area contributed by atoms with E-state index in [0.29, 0.717) is 47.0 Å². The van der Waals surface area contributed by atoms with Crippen molar-refractivity contribution in [1.82, 2.24) is 19.7 Å². The number of hydrogen-bond donors (Lipinski definition) is 0. The SMILES string of the molecule is Cc1ccc2c(c1F)N(C1CC(C)N(C(=O)c3cc(-c4cccnc4)n(-c4ccc(C(F)(F)F)c(F)c4)n3)C(C)C1)C(=O)C2. The van der Waals surface area contributed by atoms with E-state index in [9.17, 15) is 27.2 Å². The highest BCUT2D eigenvalue weighted by Gasteiger charge is 2.43. The van der Waals surface area contributed by atoms with Crippen molar-refractivity contribution >= 4 is 17.5 Å². The molecule has 0 bridgehead atoms. The molecule has 228 valence electrons. The first-order valence-corrected chi connectivity index (χ1v) is 14.2. The summed E-state index contributed by atoms with van der Waals surface area (Å²) in [5, 5.41) is 4.43. The third-order valence-corrected chi connectivity index (χ3v) is 8.41. The lowest BCUT2D eigenvalue weighted by Gasteiger charge is -2.45. The number of benzene rings is 2. The number of aryl methyl sites for hydroxylation is 1. The van der Waals surface area contributed by atoms with Crippen LogP contribution in [-0.4, -0.2) is 49.6 Å². The zero-order valence-corrected chi connectivity index (χ0v) is 24.1. The Labute approximate surface area is 249 Å². The molecular weight excluding hydrogens is 581 g/mol. The van der Waals surface area contributed by atoms with Crippen LogP contribution in [0.1, 0.15) is 53.9 Å². The van der Waals surface area contributed by atoms with Gasteiger partial charge in [-0.1, -0.05) is 12.1 Å². The molecule has 44 heavy (non-hydrogen) atoms. The van der Waals surface area contributed by atoms with E-state index >= 15 is 4.39 Å². The molecular formula is C32H28F5N5O2. The molecule has 12 heteroatoms. The average Bonchev–Trinajstić information content (AvgIpc) is 3.56. The number of nitrogens with zero attached hydrogens (tertiary/aromatic N) is 5. The Morgan fingerprint density at radius 1 is 1.00 bits per heavy atom. The Bertz CT molecular complexity index is 1760. The van der Waals surface area contributed by atoms with E-state index in [4.69, 9.17) is 0 Å². The number of pyridine rings is 1. The molecule has 2 aromatic heterocycles. The minimum absolute atomic E-state index is 0.00302. The fourth-order valence-electron chi connectivity index (χ4n) is 6.42.